The molecule has 3 heterocycles. The first-order chi connectivity index (χ1) is 12.4. The van der Waals surface area contributed by atoms with Crippen LogP contribution in [0.4, 0.5) is 0 Å². The van der Waals surface area contributed by atoms with E-state index in [9.17, 15) is 9.90 Å². The summed E-state index contributed by atoms with van der Waals surface area (Å²) in [6.07, 6.45) is 2.07. The first-order valence-electron chi connectivity index (χ1n) is 8.68. The van der Waals surface area contributed by atoms with Crippen molar-refractivity contribution in [2.75, 3.05) is 13.2 Å². The molecule has 0 spiro atoms. The number of thiophene rings is 1. The zero-order valence-electron chi connectivity index (χ0n) is 15.0. The van der Waals surface area contributed by atoms with Gasteiger partial charge in [0, 0.05) is 19.7 Å². The van der Waals surface area contributed by atoms with E-state index in [0.717, 1.165) is 25.0 Å². The number of amides is 1. The molecule has 3 rings (SSSR count). The van der Waals surface area contributed by atoms with Gasteiger partial charge in [0.2, 0.25) is 0 Å². The van der Waals surface area contributed by atoms with Gasteiger partial charge in [0.1, 0.15) is 5.60 Å². The number of rotatable bonds is 5. The molecule has 1 saturated heterocycles. The SMILES string of the molecule is CC(C)(O)C#Cc1ccc(C(=O)N(Cc2ccsc2)C[C@H]2CCCO2)o1. The third-order valence-electron chi connectivity index (χ3n) is 4.00. The Morgan fingerprint density at radius 3 is 2.92 bits per heavy atom. The molecule has 5 nitrogen and oxygen atoms in total. The van der Waals surface area contributed by atoms with E-state index in [1.54, 1.807) is 42.2 Å². The molecule has 2 aromatic heterocycles. The zero-order valence-corrected chi connectivity index (χ0v) is 15.8. The van der Waals surface area contributed by atoms with Crippen molar-refractivity contribution >= 4 is 17.2 Å². The minimum Gasteiger partial charge on any atom is -0.443 e. The van der Waals surface area contributed by atoms with Gasteiger partial charge in [-0.3, -0.25) is 4.79 Å². The monoisotopic (exact) mass is 373 g/mol. The van der Waals surface area contributed by atoms with Crippen LogP contribution in [-0.4, -0.2) is 40.8 Å². The van der Waals surface area contributed by atoms with E-state index in [4.69, 9.17) is 9.15 Å². The first-order valence-corrected chi connectivity index (χ1v) is 9.62. The molecule has 1 amide bonds. The highest BCUT2D eigenvalue weighted by Gasteiger charge is 2.25. The highest BCUT2D eigenvalue weighted by atomic mass is 32.1. The molecule has 1 aliphatic heterocycles. The number of nitrogens with zero attached hydrogens (tertiary/aromatic N) is 1. The van der Waals surface area contributed by atoms with E-state index < -0.39 is 5.60 Å². The van der Waals surface area contributed by atoms with Gasteiger partial charge < -0.3 is 19.2 Å². The van der Waals surface area contributed by atoms with Crippen molar-refractivity contribution in [3.63, 3.8) is 0 Å². The molecule has 1 fully saturated rings. The van der Waals surface area contributed by atoms with Crippen LogP contribution in [0, 0.1) is 11.8 Å². The first kappa shape index (κ1) is 18.7. The van der Waals surface area contributed by atoms with Crippen LogP contribution in [0.5, 0.6) is 0 Å². The van der Waals surface area contributed by atoms with Crippen LogP contribution in [-0.2, 0) is 11.3 Å². The number of carbonyl (C=O) groups is 1. The number of ether oxygens (including phenoxy) is 1. The van der Waals surface area contributed by atoms with Crippen molar-refractivity contribution in [3.8, 4) is 11.8 Å². The lowest BCUT2D eigenvalue weighted by molar-refractivity contribution is 0.0484. The summed E-state index contributed by atoms with van der Waals surface area (Å²) in [4.78, 5) is 14.7. The van der Waals surface area contributed by atoms with Gasteiger partial charge in [-0.1, -0.05) is 5.92 Å². The van der Waals surface area contributed by atoms with Crippen LogP contribution in [0.2, 0.25) is 0 Å². The summed E-state index contributed by atoms with van der Waals surface area (Å²) in [6.45, 7) is 5.01. The van der Waals surface area contributed by atoms with E-state index in [1.807, 2.05) is 16.8 Å². The van der Waals surface area contributed by atoms with Gasteiger partial charge in [0.15, 0.2) is 11.5 Å². The van der Waals surface area contributed by atoms with Crippen LogP contribution in [0.3, 0.4) is 0 Å². The molecule has 0 radical (unpaired) electrons. The molecule has 0 unspecified atom stereocenters. The summed E-state index contributed by atoms with van der Waals surface area (Å²) < 4.78 is 11.3. The van der Waals surface area contributed by atoms with Gasteiger partial charge in [0.25, 0.3) is 5.91 Å². The fourth-order valence-electron chi connectivity index (χ4n) is 2.75. The Bertz CT molecular complexity index is 786. The Hall–Kier alpha value is -2.07. The molecule has 2 aromatic rings. The van der Waals surface area contributed by atoms with E-state index in [0.29, 0.717) is 18.8 Å². The Kier molecular flexibility index (Phi) is 5.82. The fourth-order valence-corrected chi connectivity index (χ4v) is 3.41. The third-order valence-corrected chi connectivity index (χ3v) is 4.73. The van der Waals surface area contributed by atoms with Crippen LogP contribution < -0.4 is 0 Å². The van der Waals surface area contributed by atoms with Crippen molar-refractivity contribution < 1.29 is 19.1 Å². The molecule has 1 N–H and O–H groups in total. The van der Waals surface area contributed by atoms with Crippen LogP contribution >= 0.6 is 11.3 Å². The molecule has 1 aliphatic rings. The van der Waals surface area contributed by atoms with Gasteiger partial charge in [-0.05, 0) is 67.1 Å². The maximum absolute atomic E-state index is 13.0. The smallest absolute Gasteiger partial charge is 0.290 e. The summed E-state index contributed by atoms with van der Waals surface area (Å²) >= 11 is 1.61. The van der Waals surface area contributed by atoms with Gasteiger partial charge >= 0.3 is 0 Å². The maximum atomic E-state index is 13.0. The Morgan fingerprint density at radius 1 is 1.42 bits per heavy atom. The number of carbonyl (C=O) groups excluding carboxylic acids is 1. The molecule has 0 bridgehead atoms. The molecule has 0 saturated carbocycles. The number of hydrogen-bond donors (Lipinski definition) is 1. The molecule has 26 heavy (non-hydrogen) atoms. The highest BCUT2D eigenvalue weighted by molar-refractivity contribution is 7.07. The fraction of sp³-hybridized carbons (Fsp3) is 0.450. The standard InChI is InChI=1S/C20H23NO4S/c1-20(2,23)9-7-16-5-6-18(25-16)19(22)21(12-15-8-11-26-14-15)13-17-4-3-10-24-17/h5-6,8,11,14,17,23H,3-4,10,12-13H2,1-2H3/t17-/m1/s1. The number of aliphatic hydroxyl groups is 1. The van der Waals surface area contributed by atoms with Crippen LogP contribution in [0.15, 0.2) is 33.4 Å². The second kappa shape index (κ2) is 8.09. The lowest BCUT2D eigenvalue weighted by Crippen LogP contribution is -2.36. The van der Waals surface area contributed by atoms with Gasteiger partial charge in [-0.15, -0.1) is 0 Å². The normalized spacial score (nSPS) is 17.0. The molecular weight excluding hydrogens is 350 g/mol. The summed E-state index contributed by atoms with van der Waals surface area (Å²) in [7, 11) is 0. The van der Waals surface area contributed by atoms with Crippen molar-refractivity contribution in [2.24, 2.45) is 0 Å². The topological polar surface area (TPSA) is 62.9 Å². The van der Waals surface area contributed by atoms with Gasteiger partial charge in [-0.25, -0.2) is 0 Å². The summed E-state index contributed by atoms with van der Waals surface area (Å²) in [6, 6.07) is 5.30. The minimum absolute atomic E-state index is 0.0713. The van der Waals surface area contributed by atoms with Crippen molar-refractivity contribution in [3.05, 3.63) is 46.0 Å². The van der Waals surface area contributed by atoms with Crippen molar-refractivity contribution in [1.29, 1.82) is 0 Å². The van der Waals surface area contributed by atoms with Crippen LogP contribution in [0.25, 0.3) is 0 Å². The number of hydrogen-bond acceptors (Lipinski definition) is 5. The Labute approximate surface area is 157 Å². The second-order valence-electron chi connectivity index (χ2n) is 6.93. The summed E-state index contributed by atoms with van der Waals surface area (Å²) in [5.41, 5.74) is -0.0168. The predicted molar refractivity (Wildman–Crippen MR) is 99.9 cm³/mol. The van der Waals surface area contributed by atoms with Gasteiger partial charge in [-0.2, -0.15) is 11.3 Å². The van der Waals surface area contributed by atoms with Crippen LogP contribution in [0.1, 0.15) is 48.6 Å². The molecular formula is C20H23NO4S. The summed E-state index contributed by atoms with van der Waals surface area (Å²) in [5.74, 6) is 5.87. The largest absolute Gasteiger partial charge is 0.443 e. The number of furan rings is 1. The third kappa shape index (κ3) is 5.21. The van der Waals surface area contributed by atoms with Gasteiger partial charge in [0.05, 0.1) is 6.10 Å². The quantitative estimate of drug-likeness (QED) is 0.817. The predicted octanol–water partition coefficient (Wildman–Crippen LogP) is 3.28. The van der Waals surface area contributed by atoms with E-state index in [-0.39, 0.29) is 17.8 Å². The highest BCUT2D eigenvalue weighted by Crippen LogP contribution is 2.19. The molecule has 0 aliphatic carbocycles. The molecule has 138 valence electrons. The lowest BCUT2D eigenvalue weighted by atomic mass is 10.1. The Morgan fingerprint density at radius 2 is 2.27 bits per heavy atom. The van der Waals surface area contributed by atoms with Crippen molar-refractivity contribution in [2.45, 2.75) is 44.9 Å². The van der Waals surface area contributed by atoms with Crippen molar-refractivity contribution in [1.82, 2.24) is 4.90 Å². The van der Waals surface area contributed by atoms with E-state index >= 15 is 0 Å². The summed E-state index contributed by atoms with van der Waals surface area (Å²) in [5, 5.41) is 13.7. The average molecular weight is 373 g/mol. The molecule has 1 atom stereocenters. The van der Waals surface area contributed by atoms with E-state index in [2.05, 4.69) is 11.8 Å². The second-order valence-corrected chi connectivity index (χ2v) is 7.71. The maximum Gasteiger partial charge on any atom is 0.290 e. The molecule has 6 heteroatoms. The molecule has 0 aromatic carbocycles. The van der Waals surface area contributed by atoms with E-state index in [1.165, 1.54) is 0 Å². The minimum atomic E-state index is -1.11. The lowest BCUT2D eigenvalue weighted by Gasteiger charge is -2.24. The Balaban J connectivity index is 1.75. The average Bonchev–Trinajstić information content (AvgIpc) is 3.33. The zero-order chi connectivity index (χ0) is 18.6.